The Kier molecular flexibility index (Phi) is 9.34. The maximum atomic E-state index is 12.7. The number of thiazole rings is 1. The van der Waals surface area contributed by atoms with Crippen LogP contribution in [0.4, 0.5) is 0 Å². The second kappa shape index (κ2) is 11.6. The molecule has 0 radical (unpaired) electrons. The van der Waals surface area contributed by atoms with Crippen LogP contribution in [-0.2, 0) is 14.4 Å². The number of thioether (sulfide) groups is 2. The standard InChI is InChI=1S/C20H18N4O5S3.K/c21-12(10-4-2-1-3-5-10)15(25)23-13-17(26)24-14(19(27)28)11(8-31-18(13)24)9-32-20(29)16-22-6-7-30-16;/h1-7,12-13,18H,8-9,21H2,(H,23,25)(H,27,28);/q;+1/p-1/t12-,13?,18-;/m1./s1. The van der Waals surface area contributed by atoms with Gasteiger partial charge in [0.05, 0.1) is 11.7 Å². The van der Waals surface area contributed by atoms with Crippen molar-refractivity contribution >= 4 is 57.8 Å². The predicted molar refractivity (Wildman–Crippen MR) is 119 cm³/mol. The number of carboxylic acid groups (broad SMARTS) is 1. The van der Waals surface area contributed by atoms with Gasteiger partial charge >= 0.3 is 51.4 Å². The van der Waals surface area contributed by atoms with Gasteiger partial charge < -0.3 is 21.0 Å². The number of rotatable bonds is 7. The number of aliphatic carboxylic acids is 1. The van der Waals surface area contributed by atoms with E-state index in [-0.39, 0.29) is 73.7 Å². The van der Waals surface area contributed by atoms with Crippen molar-refractivity contribution in [2.75, 3.05) is 11.5 Å². The molecule has 9 nitrogen and oxygen atoms in total. The van der Waals surface area contributed by atoms with Gasteiger partial charge in [0.15, 0.2) is 5.01 Å². The van der Waals surface area contributed by atoms with E-state index in [1.807, 2.05) is 0 Å². The summed E-state index contributed by atoms with van der Waals surface area (Å²) in [4.78, 5) is 54.3. The summed E-state index contributed by atoms with van der Waals surface area (Å²) in [5.41, 5.74) is 6.77. The molecule has 0 saturated carbocycles. The average Bonchev–Trinajstić information content (AvgIpc) is 3.35. The van der Waals surface area contributed by atoms with E-state index in [2.05, 4.69) is 10.3 Å². The summed E-state index contributed by atoms with van der Waals surface area (Å²) >= 11 is 3.44. The molecule has 0 aliphatic carbocycles. The van der Waals surface area contributed by atoms with E-state index in [4.69, 9.17) is 5.73 Å². The molecule has 0 bridgehead atoms. The molecular formula is C20H17KN4O5S3. The fraction of sp³-hybridized carbons (Fsp3) is 0.250. The number of β-lactam (4-membered cyclic amide) rings is 1. The van der Waals surface area contributed by atoms with Crippen molar-refractivity contribution in [2.45, 2.75) is 17.5 Å². The van der Waals surface area contributed by atoms with Gasteiger partial charge in [-0.25, -0.2) is 4.98 Å². The van der Waals surface area contributed by atoms with Crippen molar-refractivity contribution in [1.82, 2.24) is 15.2 Å². The van der Waals surface area contributed by atoms with Crippen LogP contribution in [0, 0.1) is 0 Å². The molecule has 3 atom stereocenters. The minimum Gasteiger partial charge on any atom is -0.543 e. The van der Waals surface area contributed by atoms with Crippen LogP contribution in [0.25, 0.3) is 0 Å². The van der Waals surface area contributed by atoms with E-state index < -0.39 is 35.2 Å². The zero-order valence-corrected chi connectivity index (χ0v) is 23.0. The topological polar surface area (TPSA) is 146 Å². The smallest absolute Gasteiger partial charge is 0.543 e. The van der Waals surface area contributed by atoms with E-state index >= 15 is 0 Å². The van der Waals surface area contributed by atoms with E-state index in [9.17, 15) is 24.3 Å². The van der Waals surface area contributed by atoms with Gasteiger partial charge in [-0.1, -0.05) is 42.1 Å². The molecule has 2 aliphatic heterocycles. The number of hydrogen-bond acceptors (Lipinski definition) is 10. The van der Waals surface area contributed by atoms with Crippen LogP contribution in [0.3, 0.4) is 0 Å². The molecule has 1 aromatic heterocycles. The third-order valence-electron chi connectivity index (χ3n) is 4.96. The van der Waals surface area contributed by atoms with Crippen molar-refractivity contribution in [1.29, 1.82) is 0 Å². The summed E-state index contributed by atoms with van der Waals surface area (Å²) in [7, 11) is 0. The normalized spacial score (nSPS) is 20.3. The van der Waals surface area contributed by atoms with Gasteiger partial charge in [0.2, 0.25) is 11.0 Å². The number of carbonyl (C=O) groups is 4. The number of amides is 2. The minimum atomic E-state index is -1.49. The number of nitrogens with zero attached hydrogens (tertiary/aromatic N) is 2. The van der Waals surface area contributed by atoms with Crippen molar-refractivity contribution in [2.24, 2.45) is 5.73 Å². The number of nitrogens with one attached hydrogen (secondary N) is 1. The van der Waals surface area contributed by atoms with Crippen LogP contribution in [0.2, 0.25) is 0 Å². The van der Waals surface area contributed by atoms with Gasteiger partial charge in [0.25, 0.3) is 5.91 Å². The monoisotopic (exact) mass is 528 g/mol. The van der Waals surface area contributed by atoms with Crippen molar-refractivity contribution in [3.63, 3.8) is 0 Å². The second-order valence-corrected chi connectivity index (χ2v) is 9.89. The quantitative estimate of drug-likeness (QED) is 0.286. The van der Waals surface area contributed by atoms with Crippen LogP contribution in [0.1, 0.15) is 21.4 Å². The molecule has 166 valence electrons. The molecule has 4 rings (SSSR count). The molecule has 1 aromatic carbocycles. The van der Waals surface area contributed by atoms with Gasteiger partial charge in [0, 0.05) is 23.1 Å². The number of carboxylic acids is 1. The van der Waals surface area contributed by atoms with E-state index in [0.717, 1.165) is 16.7 Å². The number of fused-ring (bicyclic) bond motifs is 1. The molecule has 0 spiro atoms. The first-order chi connectivity index (χ1) is 15.4. The minimum absolute atomic E-state index is 0. The third-order valence-corrected chi connectivity index (χ3v) is 8.15. The summed E-state index contributed by atoms with van der Waals surface area (Å²) in [6.45, 7) is 0. The zero-order valence-electron chi connectivity index (χ0n) is 17.4. The van der Waals surface area contributed by atoms with Crippen molar-refractivity contribution in [3.05, 3.63) is 63.7 Å². The van der Waals surface area contributed by atoms with Gasteiger partial charge in [-0.05, 0) is 11.1 Å². The average molecular weight is 529 g/mol. The molecule has 33 heavy (non-hydrogen) atoms. The van der Waals surface area contributed by atoms with E-state index in [0.29, 0.717) is 16.1 Å². The number of nitrogens with two attached hydrogens (primary N) is 1. The van der Waals surface area contributed by atoms with Gasteiger partial charge in [-0.3, -0.25) is 19.3 Å². The Morgan fingerprint density at radius 2 is 2.03 bits per heavy atom. The fourth-order valence-electron chi connectivity index (χ4n) is 3.38. The Balaban J connectivity index is 0.00000306. The summed E-state index contributed by atoms with van der Waals surface area (Å²) in [5.74, 6) is -2.19. The first kappa shape index (κ1) is 26.6. The molecule has 2 aromatic rings. The second-order valence-electron chi connectivity index (χ2n) is 6.94. The van der Waals surface area contributed by atoms with Crippen LogP contribution < -0.4 is 67.5 Å². The van der Waals surface area contributed by atoms with Gasteiger partial charge in [-0.15, -0.1) is 23.1 Å². The first-order valence-electron chi connectivity index (χ1n) is 9.44. The van der Waals surface area contributed by atoms with E-state index in [1.165, 1.54) is 29.3 Å². The predicted octanol–water partition coefficient (Wildman–Crippen LogP) is -2.88. The summed E-state index contributed by atoms with van der Waals surface area (Å²) in [5, 5.41) is 15.6. The largest absolute Gasteiger partial charge is 1.00 e. The molecule has 3 heterocycles. The Hall–Kier alpha value is -1.03. The molecule has 2 amide bonds. The maximum Gasteiger partial charge on any atom is 1.00 e. The Labute approximate surface area is 244 Å². The Morgan fingerprint density at radius 3 is 2.67 bits per heavy atom. The summed E-state index contributed by atoms with van der Waals surface area (Å²) < 4.78 is 0. The first-order valence-corrected chi connectivity index (χ1v) is 12.4. The SMILES string of the molecule is N[C@@H](C(=O)NC1C(=O)N2C(C(=O)[O-])=C(CSC(=O)c3nccs3)CS[C@H]12)c1ccccc1.[K+]. The molecular weight excluding hydrogens is 512 g/mol. The van der Waals surface area contributed by atoms with Gasteiger partial charge in [-0.2, -0.15) is 0 Å². The zero-order chi connectivity index (χ0) is 22.8. The molecule has 3 N–H and O–H groups in total. The number of hydrogen-bond donors (Lipinski definition) is 2. The van der Waals surface area contributed by atoms with Crippen LogP contribution >= 0.6 is 34.9 Å². The molecule has 1 fully saturated rings. The third kappa shape index (κ3) is 5.62. The fourth-order valence-corrected chi connectivity index (χ4v) is 6.36. The molecule has 13 heteroatoms. The Bertz CT molecular complexity index is 1100. The molecule has 2 aliphatic rings. The summed E-state index contributed by atoms with van der Waals surface area (Å²) in [6, 6.07) is 6.89. The van der Waals surface area contributed by atoms with Gasteiger partial charge in [0.1, 0.15) is 17.5 Å². The number of benzene rings is 1. The number of aromatic nitrogens is 1. The van der Waals surface area contributed by atoms with E-state index in [1.54, 1.807) is 35.7 Å². The molecule has 1 saturated heterocycles. The van der Waals surface area contributed by atoms with Crippen LogP contribution in [-0.4, -0.2) is 55.7 Å². The van der Waals surface area contributed by atoms with Crippen LogP contribution in [0.5, 0.6) is 0 Å². The molecule has 1 unspecified atom stereocenters. The Morgan fingerprint density at radius 1 is 1.30 bits per heavy atom. The van der Waals surface area contributed by atoms with Crippen molar-refractivity contribution < 1.29 is 75.7 Å². The summed E-state index contributed by atoms with van der Waals surface area (Å²) in [6.07, 6.45) is 1.52. The van der Waals surface area contributed by atoms with Crippen molar-refractivity contribution in [3.8, 4) is 0 Å². The number of carbonyl (C=O) groups excluding carboxylic acids is 4. The maximum absolute atomic E-state index is 12.7. The van der Waals surface area contributed by atoms with Crippen LogP contribution in [0.15, 0.2) is 53.2 Å².